The predicted molar refractivity (Wildman–Crippen MR) is 153 cm³/mol. The van der Waals surface area contributed by atoms with Crippen LogP contribution in [-0.2, 0) is 4.74 Å². The molecule has 0 N–H and O–H groups in total. The number of rotatable bonds is 5. The average Bonchev–Trinajstić information content (AvgIpc) is 3.32. The largest absolute Gasteiger partial charge is 0.379 e. The van der Waals surface area contributed by atoms with Gasteiger partial charge in [0.15, 0.2) is 13.2 Å². The topological polar surface area (TPSA) is 101 Å². The highest BCUT2D eigenvalue weighted by Gasteiger charge is 2.46. The van der Waals surface area contributed by atoms with Crippen LogP contribution in [0.3, 0.4) is 0 Å². The summed E-state index contributed by atoms with van der Waals surface area (Å²) in [6.07, 6.45) is 0. The molecule has 3 aromatic carbocycles. The lowest BCUT2D eigenvalue weighted by Gasteiger charge is -2.46. The van der Waals surface area contributed by atoms with Gasteiger partial charge in [-0.1, -0.05) is 42.5 Å². The summed E-state index contributed by atoms with van der Waals surface area (Å²) < 4.78 is 32.3. The summed E-state index contributed by atoms with van der Waals surface area (Å²) in [4.78, 5) is 16.7. The van der Waals surface area contributed by atoms with Gasteiger partial charge in [-0.25, -0.2) is 23.5 Å². The lowest BCUT2D eigenvalue weighted by atomic mass is 10.2. The number of aliphatic imine (C=N–C) groups is 1. The quantitative estimate of drug-likeness (QED) is 0.180. The summed E-state index contributed by atoms with van der Waals surface area (Å²) in [5.74, 6) is 0.483. The Morgan fingerprint density at radius 3 is 2.40 bits per heavy atom. The molecular formula is C28H27FN7O3P. The van der Waals surface area contributed by atoms with Gasteiger partial charge in [0.1, 0.15) is 17.3 Å². The Morgan fingerprint density at radius 1 is 1.00 bits per heavy atom. The number of amidine groups is 1. The van der Waals surface area contributed by atoms with E-state index in [4.69, 9.17) is 19.6 Å². The van der Waals surface area contributed by atoms with E-state index >= 15 is 4.39 Å². The van der Waals surface area contributed by atoms with E-state index in [-0.39, 0.29) is 11.4 Å². The normalized spacial score (nSPS) is 19.2. The Hall–Kier alpha value is -4.18. The molecule has 3 heterocycles. The standard InChI is InChI=1S/C28H27FN7O3P/c1-20-26-28(35(31-20)21-10-4-3-5-11-21)30-27(22-12-6-7-13-23(22)29)33(2)40(26,34-16-18-39-19-17-34)32-24-14-8-9-15-25(24)36(37)38/h3-15H,16-19H2,1-2H3. The van der Waals surface area contributed by atoms with Crippen LogP contribution in [0.5, 0.6) is 0 Å². The molecule has 0 amide bonds. The first-order valence-electron chi connectivity index (χ1n) is 12.8. The third kappa shape index (κ3) is 4.23. The van der Waals surface area contributed by atoms with Crippen molar-refractivity contribution in [3.63, 3.8) is 0 Å². The van der Waals surface area contributed by atoms with E-state index in [1.54, 1.807) is 41.1 Å². The van der Waals surface area contributed by atoms with Gasteiger partial charge in [-0.2, -0.15) is 5.10 Å². The zero-order valence-electron chi connectivity index (χ0n) is 22.0. The van der Waals surface area contributed by atoms with Crippen LogP contribution in [0.4, 0.5) is 21.6 Å². The van der Waals surface area contributed by atoms with E-state index in [2.05, 4.69) is 4.67 Å². The van der Waals surface area contributed by atoms with E-state index in [1.165, 1.54) is 12.1 Å². The number of hydrogen-bond acceptors (Lipinski definition) is 6. The fourth-order valence-electron chi connectivity index (χ4n) is 5.24. The minimum Gasteiger partial charge on any atom is -0.379 e. The van der Waals surface area contributed by atoms with Crippen molar-refractivity contribution in [1.82, 2.24) is 19.1 Å². The third-order valence-electron chi connectivity index (χ3n) is 7.06. The summed E-state index contributed by atoms with van der Waals surface area (Å²) in [6, 6.07) is 22.5. The number of aryl methyl sites for hydroxylation is 1. The minimum atomic E-state index is -3.09. The van der Waals surface area contributed by atoms with Gasteiger partial charge >= 0.3 is 0 Å². The van der Waals surface area contributed by atoms with Crippen molar-refractivity contribution in [1.29, 1.82) is 0 Å². The van der Waals surface area contributed by atoms with E-state index in [1.807, 2.05) is 49.0 Å². The molecule has 0 saturated carbocycles. The van der Waals surface area contributed by atoms with Crippen molar-refractivity contribution < 1.29 is 14.1 Å². The summed E-state index contributed by atoms with van der Waals surface area (Å²) >= 11 is 0. The van der Waals surface area contributed by atoms with Gasteiger partial charge in [0.25, 0.3) is 5.69 Å². The smallest absolute Gasteiger partial charge is 0.294 e. The molecule has 6 rings (SSSR count). The van der Waals surface area contributed by atoms with E-state index in [0.29, 0.717) is 49.2 Å². The first-order chi connectivity index (χ1) is 19.4. The maximum atomic E-state index is 15.4. The first-order valence-corrected chi connectivity index (χ1v) is 14.5. The molecule has 204 valence electrons. The van der Waals surface area contributed by atoms with E-state index in [9.17, 15) is 10.1 Å². The molecule has 0 aliphatic carbocycles. The number of para-hydroxylation sites is 2. The molecule has 1 unspecified atom stereocenters. The number of morpholine rings is 1. The van der Waals surface area contributed by atoms with Crippen molar-refractivity contribution in [2.75, 3.05) is 33.4 Å². The van der Waals surface area contributed by atoms with Crippen molar-refractivity contribution in [3.8, 4) is 5.69 Å². The Balaban J connectivity index is 1.75. The molecule has 0 bridgehead atoms. The third-order valence-corrected chi connectivity index (χ3v) is 10.9. The van der Waals surface area contributed by atoms with Gasteiger partial charge in [0, 0.05) is 26.2 Å². The lowest BCUT2D eigenvalue weighted by molar-refractivity contribution is -0.384. The Morgan fingerprint density at radius 2 is 1.68 bits per heavy atom. The molecule has 0 spiro atoms. The number of fused-ring (bicyclic) bond motifs is 1. The highest BCUT2D eigenvalue weighted by Crippen LogP contribution is 2.62. The van der Waals surface area contributed by atoms with Crippen LogP contribution in [0, 0.1) is 22.9 Å². The van der Waals surface area contributed by atoms with Gasteiger partial charge in [-0.05, 0) is 37.3 Å². The molecule has 0 radical (unpaired) electrons. The van der Waals surface area contributed by atoms with Crippen LogP contribution >= 0.6 is 7.36 Å². The monoisotopic (exact) mass is 559 g/mol. The van der Waals surface area contributed by atoms with Crippen molar-refractivity contribution in [2.45, 2.75) is 6.92 Å². The molecule has 4 aromatic rings. The van der Waals surface area contributed by atoms with Gasteiger partial charge < -0.3 is 9.41 Å². The van der Waals surface area contributed by atoms with Crippen molar-refractivity contribution in [3.05, 3.63) is 106 Å². The molecule has 1 aromatic heterocycles. The highest BCUT2D eigenvalue weighted by atomic mass is 31.2. The van der Waals surface area contributed by atoms with E-state index < -0.39 is 18.1 Å². The number of nitro benzene ring substituents is 1. The second-order valence-electron chi connectivity index (χ2n) is 9.42. The second kappa shape index (κ2) is 10.4. The summed E-state index contributed by atoms with van der Waals surface area (Å²) in [6.45, 7) is 3.90. The zero-order valence-corrected chi connectivity index (χ0v) is 22.9. The average molecular weight is 560 g/mol. The SMILES string of the molecule is Cc1nn(-c2ccccc2)c2c1P(=Nc1ccccc1[N+](=O)[O-])(N1CCOCC1)N(C)C(c1ccccc1F)=N2. The number of nitrogens with zero attached hydrogens (tertiary/aromatic N) is 7. The molecule has 12 heteroatoms. The van der Waals surface area contributed by atoms with Crippen LogP contribution in [-0.4, -0.2) is 63.2 Å². The van der Waals surface area contributed by atoms with E-state index in [0.717, 1.165) is 11.0 Å². The molecule has 1 saturated heterocycles. The Kier molecular flexibility index (Phi) is 6.79. The maximum Gasteiger partial charge on any atom is 0.294 e. The summed E-state index contributed by atoms with van der Waals surface area (Å²) in [5, 5.41) is 17.8. The van der Waals surface area contributed by atoms with Crippen LogP contribution in [0.25, 0.3) is 5.69 Å². The van der Waals surface area contributed by atoms with Crippen LogP contribution in [0.2, 0.25) is 0 Å². The number of nitro groups is 1. The molecule has 1 fully saturated rings. The van der Waals surface area contributed by atoms with Gasteiger partial charge in [0.05, 0.1) is 40.4 Å². The molecule has 40 heavy (non-hydrogen) atoms. The van der Waals surface area contributed by atoms with Crippen LogP contribution in [0.15, 0.2) is 88.6 Å². The fraction of sp³-hybridized carbons (Fsp3) is 0.214. The Labute approximate surface area is 230 Å². The molecule has 2 aliphatic heterocycles. The number of benzene rings is 3. The zero-order chi connectivity index (χ0) is 27.9. The van der Waals surface area contributed by atoms with Gasteiger partial charge in [0.2, 0.25) is 0 Å². The van der Waals surface area contributed by atoms with Crippen molar-refractivity contribution >= 4 is 35.7 Å². The van der Waals surface area contributed by atoms with Gasteiger partial charge in [-0.15, -0.1) is 0 Å². The van der Waals surface area contributed by atoms with Gasteiger partial charge in [-0.3, -0.25) is 10.1 Å². The molecule has 1 atom stereocenters. The minimum absolute atomic E-state index is 0.104. The number of hydrogen-bond donors (Lipinski definition) is 0. The number of halogens is 1. The predicted octanol–water partition coefficient (Wildman–Crippen LogP) is 5.57. The highest BCUT2D eigenvalue weighted by molar-refractivity contribution is 7.70. The molecular weight excluding hydrogens is 532 g/mol. The number of aromatic nitrogens is 2. The van der Waals surface area contributed by atoms with Crippen molar-refractivity contribution in [2.24, 2.45) is 9.74 Å². The summed E-state index contributed by atoms with van der Waals surface area (Å²) in [5.41, 5.74) is 1.94. The maximum absolute atomic E-state index is 15.4. The second-order valence-corrected chi connectivity index (χ2v) is 12.4. The Bertz CT molecular complexity index is 1680. The number of ether oxygens (including phenoxy) is 1. The molecule has 10 nitrogen and oxygen atoms in total. The lowest BCUT2D eigenvalue weighted by Crippen LogP contribution is -2.45. The fourth-order valence-corrected chi connectivity index (χ4v) is 9.06. The van der Waals surface area contributed by atoms with Crippen LogP contribution in [0.1, 0.15) is 11.3 Å². The summed E-state index contributed by atoms with van der Waals surface area (Å²) in [7, 11) is -1.25. The molecule has 2 aliphatic rings. The first kappa shape index (κ1) is 26.1. The van der Waals surface area contributed by atoms with Crippen LogP contribution < -0.4 is 5.30 Å².